The summed E-state index contributed by atoms with van der Waals surface area (Å²) in [4.78, 5) is 0. The molecule has 20 heavy (non-hydrogen) atoms. The average Bonchev–Trinajstić information content (AvgIpc) is 2.76. The van der Waals surface area contributed by atoms with Gasteiger partial charge in [0, 0.05) is 13.2 Å². The second kappa shape index (κ2) is 6.76. The van der Waals surface area contributed by atoms with Crippen molar-refractivity contribution in [1.29, 1.82) is 0 Å². The molecule has 0 aromatic rings. The van der Waals surface area contributed by atoms with Crippen LogP contribution in [0.15, 0.2) is 0 Å². The van der Waals surface area contributed by atoms with Crippen LogP contribution in [-0.2, 0) is 9.47 Å². The van der Waals surface area contributed by atoms with Crippen molar-refractivity contribution in [2.75, 3.05) is 13.2 Å². The van der Waals surface area contributed by atoms with E-state index < -0.39 is 0 Å². The quantitative estimate of drug-likeness (QED) is 0.757. The molecular formula is C17H32O3. The molecule has 6 atom stereocenters. The van der Waals surface area contributed by atoms with Crippen LogP contribution in [0.5, 0.6) is 0 Å². The first-order chi connectivity index (χ1) is 9.52. The topological polar surface area (TPSA) is 38.7 Å². The first kappa shape index (κ1) is 16.3. The number of hydrogen-bond acceptors (Lipinski definition) is 3. The number of rotatable bonds is 6. The van der Waals surface area contributed by atoms with Gasteiger partial charge in [0.25, 0.3) is 0 Å². The van der Waals surface area contributed by atoms with Crippen molar-refractivity contribution in [1.82, 2.24) is 0 Å². The molecule has 0 saturated heterocycles. The number of aliphatic hydroxyl groups is 1. The smallest absolute Gasteiger partial charge is 0.155 e. The van der Waals surface area contributed by atoms with Crippen LogP contribution in [-0.4, -0.2) is 30.7 Å². The Morgan fingerprint density at radius 1 is 1.25 bits per heavy atom. The van der Waals surface area contributed by atoms with Gasteiger partial charge < -0.3 is 14.6 Å². The lowest BCUT2D eigenvalue weighted by Crippen LogP contribution is -2.44. The lowest BCUT2D eigenvalue weighted by molar-refractivity contribution is -0.191. The molecule has 0 radical (unpaired) electrons. The van der Waals surface area contributed by atoms with Gasteiger partial charge >= 0.3 is 0 Å². The van der Waals surface area contributed by atoms with E-state index in [2.05, 4.69) is 13.8 Å². The highest BCUT2D eigenvalue weighted by Gasteiger charge is 2.53. The fraction of sp³-hybridized carbons (Fsp3) is 1.00. The second-order valence-electron chi connectivity index (χ2n) is 7.05. The maximum Gasteiger partial charge on any atom is 0.155 e. The maximum atomic E-state index is 9.53. The third-order valence-corrected chi connectivity index (χ3v) is 5.88. The van der Waals surface area contributed by atoms with E-state index in [0.29, 0.717) is 42.5 Å². The van der Waals surface area contributed by atoms with Crippen LogP contribution in [0.2, 0.25) is 0 Å². The van der Waals surface area contributed by atoms with E-state index in [1.54, 1.807) is 0 Å². The zero-order valence-electron chi connectivity index (χ0n) is 13.6. The maximum absolute atomic E-state index is 9.53. The van der Waals surface area contributed by atoms with Crippen molar-refractivity contribution >= 4 is 0 Å². The van der Waals surface area contributed by atoms with Gasteiger partial charge in [0.15, 0.2) is 6.29 Å². The molecule has 0 aliphatic heterocycles. The highest BCUT2D eigenvalue weighted by molar-refractivity contribution is 5.02. The lowest BCUT2D eigenvalue weighted by Gasteiger charge is -2.46. The Bertz CT molecular complexity index is 307. The summed E-state index contributed by atoms with van der Waals surface area (Å²) in [5.41, 5.74) is 0.344. The molecule has 1 N–H and O–H groups in total. The molecule has 0 spiro atoms. The fourth-order valence-corrected chi connectivity index (χ4v) is 4.90. The van der Waals surface area contributed by atoms with Crippen molar-refractivity contribution < 1.29 is 14.6 Å². The molecule has 2 aliphatic rings. The Balaban J connectivity index is 2.05. The largest absolute Gasteiger partial charge is 0.396 e. The number of hydrogen-bond donors (Lipinski definition) is 1. The Morgan fingerprint density at radius 2 is 2.00 bits per heavy atom. The third-order valence-electron chi connectivity index (χ3n) is 5.88. The normalized spacial score (nSPS) is 40.4. The Kier molecular flexibility index (Phi) is 5.49. The Hall–Kier alpha value is -0.120. The molecule has 0 aromatic heterocycles. The van der Waals surface area contributed by atoms with Crippen molar-refractivity contribution in [3.63, 3.8) is 0 Å². The van der Waals surface area contributed by atoms with Crippen molar-refractivity contribution in [3.8, 4) is 0 Å². The first-order valence-electron chi connectivity index (χ1n) is 8.40. The monoisotopic (exact) mass is 284 g/mol. The van der Waals surface area contributed by atoms with Gasteiger partial charge in [-0.1, -0.05) is 20.3 Å². The highest BCUT2D eigenvalue weighted by atomic mass is 16.7. The summed E-state index contributed by atoms with van der Waals surface area (Å²) < 4.78 is 11.7. The first-order valence-corrected chi connectivity index (χ1v) is 8.40. The zero-order chi connectivity index (χ0) is 14.8. The summed E-state index contributed by atoms with van der Waals surface area (Å²) in [7, 11) is 0. The molecule has 2 rings (SSSR count). The van der Waals surface area contributed by atoms with E-state index in [1.165, 1.54) is 25.7 Å². The molecule has 0 amide bonds. The van der Waals surface area contributed by atoms with Gasteiger partial charge in [-0.05, 0) is 62.7 Å². The summed E-state index contributed by atoms with van der Waals surface area (Å²) in [5, 5.41) is 9.53. The minimum atomic E-state index is -0.0957. The van der Waals surface area contributed by atoms with E-state index in [9.17, 15) is 5.11 Å². The molecule has 2 saturated carbocycles. The second-order valence-corrected chi connectivity index (χ2v) is 7.05. The lowest BCUT2D eigenvalue weighted by atomic mass is 9.62. The van der Waals surface area contributed by atoms with E-state index in [-0.39, 0.29) is 6.29 Å². The van der Waals surface area contributed by atoms with Crippen LogP contribution in [0.25, 0.3) is 0 Å². The average molecular weight is 284 g/mol. The van der Waals surface area contributed by atoms with E-state index >= 15 is 0 Å². The molecule has 0 heterocycles. The van der Waals surface area contributed by atoms with Gasteiger partial charge in [0.1, 0.15) is 0 Å². The summed E-state index contributed by atoms with van der Waals surface area (Å²) >= 11 is 0. The highest BCUT2D eigenvalue weighted by Crippen LogP contribution is 2.58. The Morgan fingerprint density at radius 3 is 2.65 bits per heavy atom. The SMILES string of the molecule is CCOC(C)O[C@H]1CCC[C@]2(C)[C@@H](C(C)CO)CC[C@@H]12. The standard InChI is InChI=1S/C17H32O3/c1-5-19-13(3)20-16-7-6-10-17(4)14(12(2)11-18)8-9-15(16)17/h12-16,18H,5-11H2,1-4H3/t12?,13?,14-,15+,16+,17-/m1/s1. The van der Waals surface area contributed by atoms with Gasteiger partial charge in [-0.15, -0.1) is 0 Å². The molecule has 3 heteroatoms. The minimum Gasteiger partial charge on any atom is -0.396 e. The Labute approximate surface area is 124 Å². The molecule has 2 unspecified atom stereocenters. The molecule has 2 aliphatic carbocycles. The van der Waals surface area contributed by atoms with Gasteiger partial charge in [-0.25, -0.2) is 0 Å². The van der Waals surface area contributed by atoms with Crippen LogP contribution in [0, 0.1) is 23.2 Å². The van der Waals surface area contributed by atoms with Crippen molar-refractivity contribution in [2.24, 2.45) is 23.2 Å². The molecule has 118 valence electrons. The molecule has 2 fully saturated rings. The van der Waals surface area contributed by atoms with Crippen LogP contribution in [0.4, 0.5) is 0 Å². The zero-order valence-corrected chi connectivity index (χ0v) is 13.6. The number of fused-ring (bicyclic) bond motifs is 1. The molecule has 0 bridgehead atoms. The van der Waals surface area contributed by atoms with Crippen LogP contribution >= 0.6 is 0 Å². The summed E-state index contributed by atoms with van der Waals surface area (Å²) in [6, 6.07) is 0. The summed E-state index contributed by atoms with van der Waals surface area (Å²) in [6.07, 6.45) is 6.42. The summed E-state index contributed by atoms with van der Waals surface area (Å²) in [6.45, 7) is 9.68. The van der Waals surface area contributed by atoms with E-state index in [0.717, 1.165) is 6.42 Å². The predicted molar refractivity (Wildman–Crippen MR) is 80.4 cm³/mol. The van der Waals surface area contributed by atoms with E-state index in [1.807, 2.05) is 13.8 Å². The van der Waals surface area contributed by atoms with Gasteiger partial charge in [-0.3, -0.25) is 0 Å². The minimum absolute atomic E-state index is 0.0957. The predicted octanol–water partition coefficient (Wildman–Crippen LogP) is 3.60. The molecule has 0 aromatic carbocycles. The van der Waals surface area contributed by atoms with Gasteiger partial charge in [-0.2, -0.15) is 0 Å². The molecular weight excluding hydrogens is 252 g/mol. The number of ether oxygens (including phenoxy) is 2. The molecule has 3 nitrogen and oxygen atoms in total. The van der Waals surface area contributed by atoms with Gasteiger partial charge in [0.2, 0.25) is 0 Å². The van der Waals surface area contributed by atoms with Crippen LogP contribution in [0.3, 0.4) is 0 Å². The van der Waals surface area contributed by atoms with E-state index in [4.69, 9.17) is 9.47 Å². The third kappa shape index (κ3) is 3.05. The number of aliphatic hydroxyl groups excluding tert-OH is 1. The van der Waals surface area contributed by atoms with Crippen LogP contribution in [0.1, 0.15) is 59.8 Å². The van der Waals surface area contributed by atoms with Crippen molar-refractivity contribution in [2.45, 2.75) is 72.2 Å². The van der Waals surface area contributed by atoms with Crippen LogP contribution < -0.4 is 0 Å². The summed E-state index contributed by atoms with van der Waals surface area (Å²) in [5.74, 6) is 1.69. The van der Waals surface area contributed by atoms with Crippen molar-refractivity contribution in [3.05, 3.63) is 0 Å². The fourth-order valence-electron chi connectivity index (χ4n) is 4.90. The van der Waals surface area contributed by atoms with Gasteiger partial charge in [0.05, 0.1) is 6.10 Å².